The van der Waals surface area contributed by atoms with Crippen molar-refractivity contribution in [2.75, 3.05) is 7.11 Å². The van der Waals surface area contributed by atoms with Crippen LogP contribution in [0, 0.1) is 6.92 Å². The number of amides is 1. The third kappa shape index (κ3) is 2.53. The van der Waals surface area contributed by atoms with Gasteiger partial charge in [-0.15, -0.1) is 0 Å². The largest absolute Gasteiger partial charge is 0.497 e. The van der Waals surface area contributed by atoms with Crippen molar-refractivity contribution in [3.8, 4) is 5.75 Å². The second-order valence-electron chi connectivity index (χ2n) is 5.63. The number of rotatable bonds is 3. The molecule has 0 saturated carbocycles. The molecule has 1 amide bonds. The number of nitrogens with zero attached hydrogens (tertiary/aromatic N) is 1. The van der Waals surface area contributed by atoms with Crippen molar-refractivity contribution in [1.29, 1.82) is 0 Å². The lowest BCUT2D eigenvalue weighted by Crippen LogP contribution is -2.23. The van der Waals surface area contributed by atoms with Gasteiger partial charge >= 0.3 is 0 Å². The van der Waals surface area contributed by atoms with E-state index in [1.807, 2.05) is 36.1 Å². The third-order valence-electron chi connectivity index (χ3n) is 3.96. The molecule has 0 aromatic heterocycles. The highest BCUT2D eigenvalue weighted by atomic mass is 16.5. The van der Waals surface area contributed by atoms with E-state index in [-0.39, 0.29) is 5.91 Å². The van der Waals surface area contributed by atoms with Gasteiger partial charge in [0.2, 0.25) is 0 Å². The van der Waals surface area contributed by atoms with Gasteiger partial charge in [-0.25, -0.2) is 0 Å². The van der Waals surface area contributed by atoms with Crippen molar-refractivity contribution in [1.82, 2.24) is 4.90 Å². The molecule has 0 atom stereocenters. The molecule has 3 rings (SSSR count). The number of carbonyl (C=O) groups is 1. The Labute approximate surface area is 125 Å². The van der Waals surface area contributed by atoms with Gasteiger partial charge in [-0.1, -0.05) is 29.7 Å². The van der Waals surface area contributed by atoms with E-state index in [1.54, 1.807) is 7.11 Å². The number of benzene rings is 2. The van der Waals surface area contributed by atoms with Crippen LogP contribution in [0.4, 0.5) is 0 Å². The van der Waals surface area contributed by atoms with Crippen molar-refractivity contribution < 1.29 is 9.53 Å². The standard InChI is InChI=1S/C17H18BNO2/c1-11-7-14(18)8-13-10-19(17(20)16(11)13)9-12-3-5-15(21-2)6-4-12/h3-8H,9-10,18H2,1-2H3. The third-order valence-corrected chi connectivity index (χ3v) is 3.96. The molecule has 2 aromatic rings. The summed E-state index contributed by atoms with van der Waals surface area (Å²) < 4.78 is 5.16. The molecule has 0 saturated heterocycles. The van der Waals surface area contributed by atoms with Crippen molar-refractivity contribution in [3.05, 3.63) is 58.7 Å². The predicted molar refractivity (Wildman–Crippen MR) is 85.9 cm³/mol. The smallest absolute Gasteiger partial charge is 0.255 e. The second-order valence-corrected chi connectivity index (χ2v) is 5.63. The summed E-state index contributed by atoms with van der Waals surface area (Å²) in [7, 11) is 3.73. The zero-order valence-electron chi connectivity index (χ0n) is 12.6. The lowest BCUT2D eigenvalue weighted by Gasteiger charge is -2.16. The number of carbonyl (C=O) groups excluding carboxylic acids is 1. The molecule has 0 N–H and O–H groups in total. The van der Waals surface area contributed by atoms with Gasteiger partial charge in [0.15, 0.2) is 0 Å². The molecular formula is C17H18BNO2. The monoisotopic (exact) mass is 279 g/mol. The van der Waals surface area contributed by atoms with Gasteiger partial charge in [-0.2, -0.15) is 0 Å². The van der Waals surface area contributed by atoms with E-state index in [2.05, 4.69) is 20.0 Å². The second kappa shape index (κ2) is 5.28. The van der Waals surface area contributed by atoms with Crippen LogP contribution >= 0.6 is 0 Å². The molecule has 0 radical (unpaired) electrons. The Bertz CT molecular complexity index is 695. The predicted octanol–water partition coefficient (Wildman–Crippen LogP) is 1.42. The zero-order valence-corrected chi connectivity index (χ0v) is 12.6. The topological polar surface area (TPSA) is 29.5 Å². The van der Waals surface area contributed by atoms with Gasteiger partial charge in [0.1, 0.15) is 13.6 Å². The zero-order chi connectivity index (χ0) is 15.0. The van der Waals surface area contributed by atoms with Crippen molar-refractivity contribution in [3.63, 3.8) is 0 Å². The Balaban J connectivity index is 1.82. The van der Waals surface area contributed by atoms with Crippen LogP contribution in [0.3, 0.4) is 0 Å². The Kier molecular flexibility index (Phi) is 3.46. The Morgan fingerprint density at radius 2 is 1.95 bits per heavy atom. The quantitative estimate of drug-likeness (QED) is 0.795. The minimum atomic E-state index is 0.137. The first-order chi connectivity index (χ1) is 10.1. The van der Waals surface area contributed by atoms with E-state index < -0.39 is 0 Å². The van der Waals surface area contributed by atoms with Crippen molar-refractivity contribution in [2.24, 2.45) is 0 Å². The minimum Gasteiger partial charge on any atom is -0.497 e. The van der Waals surface area contributed by atoms with Crippen LogP contribution in [0.1, 0.15) is 27.0 Å². The summed E-state index contributed by atoms with van der Waals surface area (Å²) in [6, 6.07) is 12.1. The van der Waals surface area contributed by atoms with Crippen LogP contribution in [0.5, 0.6) is 5.75 Å². The fourth-order valence-corrected chi connectivity index (χ4v) is 3.00. The van der Waals surface area contributed by atoms with Crippen LogP contribution in [-0.4, -0.2) is 25.8 Å². The number of ether oxygens (including phenoxy) is 1. The summed E-state index contributed by atoms with van der Waals surface area (Å²) >= 11 is 0. The summed E-state index contributed by atoms with van der Waals surface area (Å²) in [5.41, 5.74) is 5.43. The summed E-state index contributed by atoms with van der Waals surface area (Å²) in [4.78, 5) is 14.5. The maximum absolute atomic E-state index is 12.6. The molecule has 1 aliphatic rings. The Morgan fingerprint density at radius 3 is 2.62 bits per heavy atom. The molecule has 0 spiro atoms. The first-order valence-corrected chi connectivity index (χ1v) is 7.11. The van der Waals surface area contributed by atoms with Crippen LogP contribution in [-0.2, 0) is 13.1 Å². The fraction of sp³-hybridized carbons (Fsp3) is 0.235. The summed E-state index contributed by atoms with van der Waals surface area (Å²) in [5, 5.41) is 0. The number of hydrogen-bond donors (Lipinski definition) is 0. The molecule has 1 heterocycles. The van der Waals surface area contributed by atoms with E-state index >= 15 is 0 Å². The summed E-state index contributed by atoms with van der Waals surface area (Å²) in [6.45, 7) is 3.35. The Morgan fingerprint density at radius 1 is 1.24 bits per heavy atom. The average Bonchev–Trinajstić information content (AvgIpc) is 2.76. The molecule has 4 heteroatoms. The van der Waals surface area contributed by atoms with Gasteiger partial charge in [0, 0.05) is 18.7 Å². The van der Waals surface area contributed by atoms with E-state index in [0.29, 0.717) is 13.1 Å². The first-order valence-electron chi connectivity index (χ1n) is 7.11. The fourth-order valence-electron chi connectivity index (χ4n) is 3.00. The van der Waals surface area contributed by atoms with Gasteiger partial charge in [0.05, 0.1) is 7.11 Å². The van der Waals surface area contributed by atoms with Crippen LogP contribution in [0.2, 0.25) is 0 Å². The van der Waals surface area contributed by atoms with Crippen molar-refractivity contribution in [2.45, 2.75) is 20.0 Å². The summed E-state index contributed by atoms with van der Waals surface area (Å²) in [5.74, 6) is 0.972. The van der Waals surface area contributed by atoms with Crippen molar-refractivity contribution >= 4 is 19.2 Å². The highest BCUT2D eigenvalue weighted by Crippen LogP contribution is 2.26. The SMILES string of the molecule is Bc1cc(C)c2c(c1)CN(Cc1ccc(OC)cc1)C2=O. The minimum absolute atomic E-state index is 0.137. The average molecular weight is 279 g/mol. The van der Waals surface area contributed by atoms with Gasteiger partial charge in [-0.05, 0) is 35.7 Å². The molecule has 2 aromatic carbocycles. The molecule has 0 bridgehead atoms. The summed E-state index contributed by atoms with van der Waals surface area (Å²) in [6.07, 6.45) is 0. The normalized spacial score (nSPS) is 13.4. The molecule has 3 nitrogen and oxygen atoms in total. The van der Waals surface area contributed by atoms with E-state index in [9.17, 15) is 4.79 Å². The Hall–Kier alpha value is -2.23. The van der Waals surface area contributed by atoms with E-state index in [0.717, 1.165) is 28.0 Å². The lowest BCUT2D eigenvalue weighted by molar-refractivity contribution is 0.0766. The molecule has 0 aliphatic carbocycles. The lowest BCUT2D eigenvalue weighted by atomic mass is 9.90. The molecule has 1 aliphatic heterocycles. The molecular weight excluding hydrogens is 261 g/mol. The molecule has 0 unspecified atom stereocenters. The van der Waals surface area contributed by atoms with Crippen LogP contribution < -0.4 is 10.2 Å². The van der Waals surface area contributed by atoms with Gasteiger partial charge < -0.3 is 9.64 Å². The molecule has 21 heavy (non-hydrogen) atoms. The first kappa shape index (κ1) is 13.7. The van der Waals surface area contributed by atoms with Crippen LogP contribution in [0.15, 0.2) is 36.4 Å². The highest BCUT2D eigenvalue weighted by molar-refractivity contribution is 6.32. The molecule has 0 fully saturated rings. The van der Waals surface area contributed by atoms with E-state index in [4.69, 9.17) is 4.74 Å². The van der Waals surface area contributed by atoms with Gasteiger partial charge in [0.25, 0.3) is 5.91 Å². The maximum Gasteiger partial charge on any atom is 0.255 e. The van der Waals surface area contributed by atoms with E-state index in [1.165, 1.54) is 5.46 Å². The highest BCUT2D eigenvalue weighted by Gasteiger charge is 2.28. The number of hydrogen-bond acceptors (Lipinski definition) is 2. The molecule has 106 valence electrons. The number of aryl methyl sites for hydroxylation is 1. The maximum atomic E-state index is 12.6. The van der Waals surface area contributed by atoms with Crippen LogP contribution in [0.25, 0.3) is 0 Å². The van der Waals surface area contributed by atoms with Gasteiger partial charge in [-0.3, -0.25) is 4.79 Å². The number of methoxy groups -OCH3 is 1. The number of fused-ring (bicyclic) bond motifs is 1.